The number of primary sulfonamides is 1. The largest absolute Gasteiger partial charge is 0.456 e. The van der Waals surface area contributed by atoms with Crippen molar-refractivity contribution in [2.45, 2.75) is 31.3 Å². The zero-order valence-corrected chi connectivity index (χ0v) is 13.7. The van der Waals surface area contributed by atoms with Crippen molar-refractivity contribution < 1.29 is 17.9 Å². The second-order valence-electron chi connectivity index (χ2n) is 4.81. The zero-order chi connectivity index (χ0) is 15.0. The van der Waals surface area contributed by atoms with Gasteiger partial charge in [-0.05, 0) is 32.9 Å². The minimum atomic E-state index is -4.03. The molecule has 0 aromatic heterocycles. The van der Waals surface area contributed by atoms with Crippen molar-refractivity contribution >= 4 is 43.5 Å². The van der Waals surface area contributed by atoms with Crippen LogP contribution >= 0.6 is 27.5 Å². The monoisotopic (exact) mass is 369 g/mol. The van der Waals surface area contributed by atoms with Crippen molar-refractivity contribution in [1.82, 2.24) is 0 Å². The molecule has 0 aliphatic carbocycles. The minimum absolute atomic E-state index is 0.0602. The number of ether oxygens (including phenoxy) is 1. The fourth-order valence-electron chi connectivity index (χ4n) is 1.25. The summed E-state index contributed by atoms with van der Waals surface area (Å²) in [5.41, 5.74) is -0.778. The van der Waals surface area contributed by atoms with Crippen LogP contribution in [0.25, 0.3) is 0 Å². The molecular formula is C11H13BrClNO4S. The van der Waals surface area contributed by atoms with E-state index in [-0.39, 0.29) is 15.5 Å². The van der Waals surface area contributed by atoms with Crippen LogP contribution in [0.5, 0.6) is 0 Å². The van der Waals surface area contributed by atoms with Crippen molar-refractivity contribution in [3.8, 4) is 0 Å². The molecule has 0 amide bonds. The highest BCUT2D eigenvalue weighted by atomic mass is 79.9. The molecule has 8 heteroatoms. The predicted octanol–water partition coefficient (Wildman–Crippen LogP) is 2.71. The minimum Gasteiger partial charge on any atom is -0.456 e. The molecule has 0 aliphatic heterocycles. The van der Waals surface area contributed by atoms with Crippen LogP contribution in [0.3, 0.4) is 0 Å². The first-order chi connectivity index (χ1) is 8.42. The lowest BCUT2D eigenvalue weighted by Crippen LogP contribution is -2.24. The van der Waals surface area contributed by atoms with Gasteiger partial charge in [0.2, 0.25) is 10.0 Å². The molecule has 1 aromatic carbocycles. The van der Waals surface area contributed by atoms with Crippen molar-refractivity contribution in [2.75, 3.05) is 0 Å². The Hall–Kier alpha value is -0.630. The quantitative estimate of drug-likeness (QED) is 0.811. The smallest absolute Gasteiger partial charge is 0.340 e. The van der Waals surface area contributed by atoms with E-state index >= 15 is 0 Å². The number of sulfonamides is 1. The van der Waals surface area contributed by atoms with Gasteiger partial charge >= 0.3 is 5.97 Å². The summed E-state index contributed by atoms with van der Waals surface area (Å²) in [5.74, 6) is -0.719. The molecule has 1 aromatic rings. The Bertz CT molecular complexity index is 622. The van der Waals surface area contributed by atoms with Crippen molar-refractivity contribution in [2.24, 2.45) is 5.14 Å². The van der Waals surface area contributed by atoms with Gasteiger partial charge in [-0.3, -0.25) is 0 Å². The molecule has 0 fully saturated rings. The molecule has 106 valence electrons. The van der Waals surface area contributed by atoms with E-state index in [0.29, 0.717) is 4.47 Å². The van der Waals surface area contributed by atoms with Gasteiger partial charge in [0.05, 0.1) is 10.6 Å². The third kappa shape index (κ3) is 4.45. The molecule has 0 spiro atoms. The Morgan fingerprint density at radius 3 is 2.32 bits per heavy atom. The second-order valence-corrected chi connectivity index (χ2v) is 7.64. The highest BCUT2D eigenvalue weighted by molar-refractivity contribution is 9.10. The maximum Gasteiger partial charge on any atom is 0.340 e. The van der Waals surface area contributed by atoms with Crippen molar-refractivity contribution in [3.05, 3.63) is 27.2 Å². The standard InChI is InChI=1S/C11H13BrClNO4S/c1-11(2,3)18-10(15)7-4-6(12)5-8(9(7)13)19(14,16)17/h4-5H,1-3H3,(H2,14,16,17). The molecule has 0 unspecified atom stereocenters. The van der Waals surface area contributed by atoms with E-state index < -0.39 is 21.6 Å². The summed E-state index contributed by atoms with van der Waals surface area (Å²) in [6, 6.07) is 2.61. The first-order valence-electron chi connectivity index (χ1n) is 5.17. The predicted molar refractivity (Wildman–Crippen MR) is 75.7 cm³/mol. The van der Waals surface area contributed by atoms with Crippen LogP contribution in [0.15, 0.2) is 21.5 Å². The third-order valence-corrected chi connectivity index (χ3v) is 3.84. The Labute approximate surface area is 125 Å². The van der Waals surface area contributed by atoms with Gasteiger partial charge in [0.15, 0.2) is 0 Å². The van der Waals surface area contributed by atoms with Gasteiger partial charge in [0.25, 0.3) is 0 Å². The number of benzene rings is 1. The van der Waals surface area contributed by atoms with Gasteiger partial charge in [-0.2, -0.15) is 0 Å². The van der Waals surface area contributed by atoms with Crippen LogP contribution in [0.4, 0.5) is 0 Å². The molecule has 0 saturated carbocycles. The number of hydrogen-bond acceptors (Lipinski definition) is 4. The van der Waals surface area contributed by atoms with E-state index in [2.05, 4.69) is 15.9 Å². The molecule has 0 saturated heterocycles. The van der Waals surface area contributed by atoms with Gasteiger partial charge in [-0.25, -0.2) is 18.4 Å². The molecule has 19 heavy (non-hydrogen) atoms. The number of halogens is 2. The molecule has 5 nitrogen and oxygen atoms in total. The lowest BCUT2D eigenvalue weighted by Gasteiger charge is -2.20. The summed E-state index contributed by atoms with van der Waals surface area (Å²) in [6.07, 6.45) is 0. The van der Waals surface area contributed by atoms with Crippen LogP contribution in [-0.4, -0.2) is 20.0 Å². The first-order valence-corrected chi connectivity index (χ1v) is 7.89. The van der Waals surface area contributed by atoms with E-state index in [9.17, 15) is 13.2 Å². The highest BCUT2D eigenvalue weighted by Gasteiger charge is 2.25. The Kier molecular flexibility index (Phi) is 4.66. The van der Waals surface area contributed by atoms with E-state index in [1.807, 2.05) is 0 Å². The summed E-state index contributed by atoms with van der Waals surface area (Å²) in [5, 5.41) is 4.79. The summed E-state index contributed by atoms with van der Waals surface area (Å²) in [7, 11) is -4.03. The summed E-state index contributed by atoms with van der Waals surface area (Å²) < 4.78 is 28.3. The molecule has 0 aliphatic rings. The van der Waals surface area contributed by atoms with E-state index in [4.69, 9.17) is 21.5 Å². The maximum absolute atomic E-state index is 11.9. The lowest BCUT2D eigenvalue weighted by atomic mass is 10.1. The molecule has 1 rings (SSSR count). The number of rotatable bonds is 2. The SMILES string of the molecule is CC(C)(C)OC(=O)c1cc(Br)cc(S(N)(=O)=O)c1Cl. The normalized spacial score (nSPS) is 12.3. The van der Waals surface area contributed by atoms with Crippen LogP contribution < -0.4 is 5.14 Å². The average molecular weight is 371 g/mol. The molecule has 0 radical (unpaired) electrons. The fraction of sp³-hybridized carbons (Fsp3) is 0.364. The fourth-order valence-corrected chi connectivity index (χ4v) is 3.02. The molecule has 2 N–H and O–H groups in total. The Morgan fingerprint density at radius 2 is 1.89 bits per heavy atom. The Balaban J connectivity index is 3.38. The van der Waals surface area contributed by atoms with Gasteiger partial charge in [0, 0.05) is 4.47 Å². The van der Waals surface area contributed by atoms with Crippen LogP contribution in [0.2, 0.25) is 5.02 Å². The summed E-state index contributed by atoms with van der Waals surface area (Å²) >= 11 is 9.01. The van der Waals surface area contributed by atoms with Gasteiger partial charge in [0.1, 0.15) is 10.5 Å². The Morgan fingerprint density at radius 1 is 1.37 bits per heavy atom. The topological polar surface area (TPSA) is 86.5 Å². The van der Waals surface area contributed by atoms with E-state index in [1.165, 1.54) is 12.1 Å². The van der Waals surface area contributed by atoms with Gasteiger partial charge in [-0.1, -0.05) is 27.5 Å². The zero-order valence-electron chi connectivity index (χ0n) is 10.5. The second kappa shape index (κ2) is 5.40. The molecule has 0 bridgehead atoms. The van der Waals surface area contributed by atoms with Gasteiger partial charge < -0.3 is 4.74 Å². The maximum atomic E-state index is 11.9. The average Bonchev–Trinajstić information content (AvgIpc) is 2.16. The van der Waals surface area contributed by atoms with Crippen molar-refractivity contribution in [3.63, 3.8) is 0 Å². The summed E-state index contributed by atoms with van der Waals surface area (Å²) in [4.78, 5) is 11.6. The number of nitrogens with two attached hydrogens (primary N) is 1. The van der Waals surface area contributed by atoms with E-state index in [0.717, 1.165) is 0 Å². The lowest BCUT2D eigenvalue weighted by molar-refractivity contribution is 0.00694. The van der Waals surface area contributed by atoms with Crippen LogP contribution in [-0.2, 0) is 14.8 Å². The molecule has 0 heterocycles. The van der Waals surface area contributed by atoms with E-state index in [1.54, 1.807) is 20.8 Å². The highest BCUT2D eigenvalue weighted by Crippen LogP contribution is 2.30. The molecule has 0 atom stereocenters. The third-order valence-electron chi connectivity index (χ3n) is 1.93. The number of carbonyl (C=O) groups excluding carboxylic acids is 1. The summed E-state index contributed by atoms with van der Waals surface area (Å²) in [6.45, 7) is 5.08. The van der Waals surface area contributed by atoms with Crippen molar-refractivity contribution in [1.29, 1.82) is 0 Å². The molecular weight excluding hydrogens is 358 g/mol. The van der Waals surface area contributed by atoms with Crippen LogP contribution in [0, 0.1) is 0 Å². The van der Waals surface area contributed by atoms with Gasteiger partial charge in [-0.15, -0.1) is 0 Å². The number of carbonyl (C=O) groups is 1. The van der Waals surface area contributed by atoms with Crippen LogP contribution in [0.1, 0.15) is 31.1 Å². The first kappa shape index (κ1) is 16.4. The number of hydrogen-bond donors (Lipinski definition) is 1. The number of esters is 1.